The number of phenolic OH excluding ortho intramolecular Hbond substituents is 1. The van der Waals surface area contributed by atoms with E-state index in [4.69, 9.17) is 11.1 Å². The fraction of sp³-hybridized carbons (Fsp3) is 0.200. The molecule has 0 aliphatic rings. The molecule has 1 unspecified atom stereocenters. The first-order valence-electron chi connectivity index (χ1n) is 10.8. The van der Waals surface area contributed by atoms with E-state index in [-0.39, 0.29) is 42.4 Å². The number of aromatic nitrogens is 1. The SMILES string of the molecule is Cl.N=C(N)c1ccc(CNC(C(=O)NCC(=O)NCCc2ccc(O)cc2)c2ccccn2)cc1. The van der Waals surface area contributed by atoms with Gasteiger partial charge >= 0.3 is 0 Å². The molecule has 0 aliphatic heterocycles. The molecule has 0 bridgehead atoms. The lowest BCUT2D eigenvalue weighted by molar-refractivity contribution is -0.127. The largest absolute Gasteiger partial charge is 0.508 e. The summed E-state index contributed by atoms with van der Waals surface area (Å²) in [5.41, 5.74) is 8.54. The van der Waals surface area contributed by atoms with Gasteiger partial charge < -0.3 is 21.5 Å². The Morgan fingerprint density at radius 2 is 1.66 bits per heavy atom. The number of nitrogens with two attached hydrogens (primary N) is 1. The highest BCUT2D eigenvalue weighted by Crippen LogP contribution is 2.12. The molecular formula is C25H29ClN6O3. The van der Waals surface area contributed by atoms with E-state index in [0.29, 0.717) is 30.8 Å². The molecule has 184 valence electrons. The lowest BCUT2D eigenvalue weighted by atomic mass is 10.1. The van der Waals surface area contributed by atoms with E-state index < -0.39 is 6.04 Å². The van der Waals surface area contributed by atoms with E-state index in [9.17, 15) is 14.7 Å². The van der Waals surface area contributed by atoms with Gasteiger partial charge in [-0.15, -0.1) is 12.4 Å². The van der Waals surface area contributed by atoms with E-state index in [1.54, 1.807) is 60.8 Å². The van der Waals surface area contributed by atoms with Crippen LogP contribution in [0.3, 0.4) is 0 Å². The van der Waals surface area contributed by atoms with Gasteiger partial charge in [0.05, 0.1) is 12.2 Å². The fourth-order valence-corrected chi connectivity index (χ4v) is 3.24. The second-order valence-corrected chi connectivity index (χ2v) is 7.66. The number of nitrogen functional groups attached to an aromatic ring is 1. The molecule has 0 saturated heterocycles. The predicted molar refractivity (Wildman–Crippen MR) is 136 cm³/mol. The number of benzene rings is 2. The van der Waals surface area contributed by atoms with E-state index in [0.717, 1.165) is 11.1 Å². The van der Waals surface area contributed by atoms with Gasteiger partial charge in [0.25, 0.3) is 0 Å². The zero-order valence-electron chi connectivity index (χ0n) is 19.0. The van der Waals surface area contributed by atoms with Crippen LogP contribution in [0.1, 0.15) is 28.4 Å². The number of rotatable bonds is 11. The number of carbonyl (C=O) groups excluding carboxylic acids is 2. The first-order chi connectivity index (χ1) is 16.4. The minimum atomic E-state index is -0.751. The van der Waals surface area contributed by atoms with Crippen molar-refractivity contribution in [3.05, 3.63) is 95.3 Å². The summed E-state index contributed by atoms with van der Waals surface area (Å²) in [7, 11) is 0. The van der Waals surface area contributed by atoms with Gasteiger partial charge in [-0.2, -0.15) is 0 Å². The molecule has 35 heavy (non-hydrogen) atoms. The maximum absolute atomic E-state index is 12.9. The monoisotopic (exact) mass is 496 g/mol. The summed E-state index contributed by atoms with van der Waals surface area (Å²) in [5, 5.41) is 25.4. The van der Waals surface area contributed by atoms with Crippen LogP contribution >= 0.6 is 12.4 Å². The molecule has 1 heterocycles. The van der Waals surface area contributed by atoms with E-state index in [2.05, 4.69) is 20.9 Å². The standard InChI is InChI=1S/C25H28N6O3.ClH/c26-24(27)19-8-4-18(5-9-19)15-30-23(21-3-1-2-13-28-21)25(34)31-16-22(33)29-14-12-17-6-10-20(32)11-7-17;/h1-11,13,23,30,32H,12,14-16H2,(H3,26,27)(H,29,33)(H,31,34);1H. The summed E-state index contributed by atoms with van der Waals surface area (Å²) >= 11 is 0. The second-order valence-electron chi connectivity index (χ2n) is 7.66. The number of amides is 2. The van der Waals surface area contributed by atoms with Gasteiger partial charge in [0.15, 0.2) is 0 Å². The molecular weight excluding hydrogens is 468 g/mol. The minimum absolute atomic E-state index is 0. The average Bonchev–Trinajstić information content (AvgIpc) is 2.85. The molecule has 3 aromatic rings. The molecule has 2 aromatic carbocycles. The molecule has 0 radical (unpaired) electrons. The maximum atomic E-state index is 12.9. The highest BCUT2D eigenvalue weighted by Gasteiger charge is 2.21. The van der Waals surface area contributed by atoms with Gasteiger partial charge in [-0.05, 0) is 41.8 Å². The normalized spacial score (nSPS) is 11.1. The van der Waals surface area contributed by atoms with Crippen molar-refractivity contribution in [2.24, 2.45) is 5.73 Å². The van der Waals surface area contributed by atoms with Crippen molar-refractivity contribution in [2.75, 3.05) is 13.1 Å². The van der Waals surface area contributed by atoms with Crippen molar-refractivity contribution in [3.8, 4) is 5.75 Å². The van der Waals surface area contributed by atoms with Crippen molar-refractivity contribution in [2.45, 2.75) is 19.0 Å². The lowest BCUT2D eigenvalue weighted by Gasteiger charge is -2.18. The van der Waals surface area contributed by atoms with Gasteiger partial charge in [0, 0.05) is 24.8 Å². The molecule has 0 saturated carbocycles. The van der Waals surface area contributed by atoms with Gasteiger partial charge in [0.2, 0.25) is 11.8 Å². The van der Waals surface area contributed by atoms with Crippen molar-refractivity contribution in [1.82, 2.24) is 20.9 Å². The van der Waals surface area contributed by atoms with Crippen LogP contribution in [0.25, 0.3) is 0 Å². The molecule has 0 spiro atoms. The van der Waals surface area contributed by atoms with Crippen molar-refractivity contribution in [1.29, 1.82) is 5.41 Å². The number of hydrogen-bond donors (Lipinski definition) is 6. The molecule has 1 aromatic heterocycles. The highest BCUT2D eigenvalue weighted by atomic mass is 35.5. The summed E-state index contributed by atoms with van der Waals surface area (Å²) in [5.74, 6) is -0.481. The van der Waals surface area contributed by atoms with E-state index in [1.807, 2.05) is 12.1 Å². The van der Waals surface area contributed by atoms with Crippen LogP contribution in [-0.2, 0) is 22.6 Å². The number of carbonyl (C=O) groups is 2. The smallest absolute Gasteiger partial charge is 0.243 e. The minimum Gasteiger partial charge on any atom is -0.508 e. The quantitative estimate of drug-likeness (QED) is 0.176. The molecule has 9 nitrogen and oxygen atoms in total. The highest BCUT2D eigenvalue weighted by molar-refractivity contribution is 5.94. The number of amidine groups is 1. The Kier molecular flexibility index (Phi) is 10.7. The van der Waals surface area contributed by atoms with Crippen molar-refractivity contribution in [3.63, 3.8) is 0 Å². The molecule has 0 fully saturated rings. The van der Waals surface area contributed by atoms with Gasteiger partial charge in [-0.3, -0.25) is 25.3 Å². The summed E-state index contributed by atoms with van der Waals surface area (Å²) < 4.78 is 0. The maximum Gasteiger partial charge on any atom is 0.243 e. The van der Waals surface area contributed by atoms with Crippen LogP contribution in [0.2, 0.25) is 0 Å². The van der Waals surface area contributed by atoms with Gasteiger partial charge in [-0.1, -0.05) is 42.5 Å². The van der Waals surface area contributed by atoms with E-state index >= 15 is 0 Å². The van der Waals surface area contributed by atoms with Crippen LogP contribution < -0.4 is 21.7 Å². The van der Waals surface area contributed by atoms with Crippen molar-refractivity contribution < 1.29 is 14.7 Å². The summed E-state index contributed by atoms with van der Waals surface area (Å²) in [6, 6.07) is 18.5. The first-order valence-corrected chi connectivity index (χ1v) is 10.8. The Bertz CT molecular complexity index is 1110. The second kappa shape index (κ2) is 13.7. The Morgan fingerprint density at radius 3 is 2.29 bits per heavy atom. The molecule has 0 aliphatic carbocycles. The average molecular weight is 497 g/mol. The topological polar surface area (TPSA) is 153 Å². The molecule has 10 heteroatoms. The Balaban J connectivity index is 0.00000432. The third kappa shape index (κ3) is 8.73. The lowest BCUT2D eigenvalue weighted by Crippen LogP contribution is -2.43. The molecule has 7 N–H and O–H groups in total. The number of phenols is 1. The van der Waals surface area contributed by atoms with Crippen LogP contribution in [0.15, 0.2) is 72.9 Å². The summed E-state index contributed by atoms with van der Waals surface area (Å²) in [6.45, 7) is 0.635. The van der Waals surface area contributed by atoms with Crippen LogP contribution in [-0.4, -0.2) is 40.8 Å². The van der Waals surface area contributed by atoms with Crippen molar-refractivity contribution >= 4 is 30.1 Å². The fourth-order valence-electron chi connectivity index (χ4n) is 3.24. The van der Waals surface area contributed by atoms with Crippen LogP contribution in [0.4, 0.5) is 0 Å². The number of nitrogens with zero attached hydrogens (tertiary/aromatic N) is 1. The van der Waals surface area contributed by atoms with E-state index in [1.165, 1.54) is 0 Å². The summed E-state index contributed by atoms with van der Waals surface area (Å²) in [4.78, 5) is 29.3. The first kappa shape index (κ1) is 27.3. The summed E-state index contributed by atoms with van der Waals surface area (Å²) in [6.07, 6.45) is 2.22. The number of nitrogens with one attached hydrogen (secondary N) is 4. The van der Waals surface area contributed by atoms with Gasteiger partial charge in [-0.25, -0.2) is 0 Å². The zero-order chi connectivity index (χ0) is 24.3. The third-order valence-electron chi connectivity index (χ3n) is 5.12. The third-order valence-corrected chi connectivity index (χ3v) is 5.12. The molecule has 1 atom stereocenters. The predicted octanol–water partition coefficient (Wildman–Crippen LogP) is 1.80. The zero-order valence-corrected chi connectivity index (χ0v) is 19.8. The number of pyridine rings is 1. The van der Waals surface area contributed by atoms with Gasteiger partial charge in [0.1, 0.15) is 17.6 Å². The van der Waals surface area contributed by atoms with Crippen LogP contribution in [0.5, 0.6) is 5.75 Å². The number of hydrogen-bond acceptors (Lipinski definition) is 6. The number of halogens is 1. The Labute approximate surface area is 210 Å². The molecule has 3 rings (SSSR count). The molecule has 2 amide bonds. The number of aromatic hydroxyl groups is 1. The Hall–Kier alpha value is -3.95. The van der Waals surface area contributed by atoms with Crippen LogP contribution in [0, 0.1) is 5.41 Å². The Morgan fingerprint density at radius 1 is 0.971 bits per heavy atom.